The first kappa shape index (κ1) is 9.31. The summed E-state index contributed by atoms with van der Waals surface area (Å²) in [5, 5.41) is 8.69. The molecule has 0 amide bonds. The maximum absolute atomic E-state index is 10.6. The summed E-state index contributed by atoms with van der Waals surface area (Å²) in [6.07, 6.45) is 2.98. The number of carboxylic acid groups (broad SMARTS) is 1. The van der Waals surface area contributed by atoms with Crippen LogP contribution < -0.4 is 0 Å². The molecule has 14 heavy (non-hydrogen) atoms. The fourth-order valence-corrected chi connectivity index (χ4v) is 2.14. The van der Waals surface area contributed by atoms with E-state index in [-0.39, 0.29) is 12.3 Å². The Hall–Kier alpha value is -1.25. The van der Waals surface area contributed by atoms with Crippen LogP contribution in [0.3, 0.4) is 0 Å². The van der Waals surface area contributed by atoms with Crippen LogP contribution in [-0.2, 0) is 17.6 Å². The smallest absolute Gasteiger partial charge is 0.303 e. The third-order valence-electron chi connectivity index (χ3n) is 2.78. The molecular weight excluding hydrogens is 180 g/mol. The molecule has 0 aliphatic heterocycles. The molecule has 0 spiro atoms. The summed E-state index contributed by atoms with van der Waals surface area (Å²) in [5.74, 6) is 1.48. The molecule has 0 bridgehead atoms. The lowest BCUT2D eigenvalue weighted by molar-refractivity contribution is -0.138. The number of aliphatic carboxylic acids is 1. The van der Waals surface area contributed by atoms with E-state index in [0.717, 1.165) is 30.8 Å². The van der Waals surface area contributed by atoms with Crippen LogP contribution in [0.15, 0.2) is 10.5 Å². The third-order valence-corrected chi connectivity index (χ3v) is 2.78. The van der Waals surface area contributed by atoms with Gasteiger partial charge in [-0.2, -0.15) is 0 Å². The Morgan fingerprint density at radius 2 is 2.50 bits per heavy atom. The summed E-state index contributed by atoms with van der Waals surface area (Å²) in [4.78, 5) is 10.6. The molecule has 0 fully saturated rings. The van der Waals surface area contributed by atoms with Gasteiger partial charge in [-0.3, -0.25) is 4.79 Å². The summed E-state index contributed by atoms with van der Waals surface area (Å²) in [6.45, 7) is 1.94. The van der Waals surface area contributed by atoms with Crippen LogP contribution in [0.2, 0.25) is 0 Å². The van der Waals surface area contributed by atoms with Gasteiger partial charge in [-0.1, -0.05) is 0 Å². The molecule has 1 atom stereocenters. The predicted molar refractivity (Wildman–Crippen MR) is 51.2 cm³/mol. The van der Waals surface area contributed by atoms with E-state index in [1.807, 2.05) is 6.92 Å². The second kappa shape index (κ2) is 3.48. The minimum absolute atomic E-state index is 0.255. The van der Waals surface area contributed by atoms with Crippen molar-refractivity contribution in [1.29, 1.82) is 0 Å². The highest BCUT2D eigenvalue weighted by Crippen LogP contribution is 2.29. The van der Waals surface area contributed by atoms with Crippen LogP contribution in [0.1, 0.15) is 29.9 Å². The normalized spacial score (nSPS) is 20.5. The molecule has 1 aromatic rings. The topological polar surface area (TPSA) is 50.4 Å². The van der Waals surface area contributed by atoms with Crippen LogP contribution in [0.5, 0.6) is 0 Å². The Bertz CT molecular complexity index is 351. The van der Waals surface area contributed by atoms with Crippen molar-refractivity contribution >= 4 is 5.97 Å². The van der Waals surface area contributed by atoms with Gasteiger partial charge >= 0.3 is 5.97 Å². The first-order valence-corrected chi connectivity index (χ1v) is 4.95. The van der Waals surface area contributed by atoms with E-state index >= 15 is 0 Å². The highest BCUT2D eigenvalue weighted by molar-refractivity contribution is 5.67. The molecule has 1 heterocycles. The van der Waals surface area contributed by atoms with Crippen LogP contribution in [0.25, 0.3) is 0 Å². The van der Waals surface area contributed by atoms with Gasteiger partial charge < -0.3 is 9.52 Å². The van der Waals surface area contributed by atoms with E-state index in [0.29, 0.717) is 0 Å². The minimum atomic E-state index is -0.707. The largest absolute Gasteiger partial charge is 0.481 e. The molecule has 0 radical (unpaired) electrons. The first-order valence-electron chi connectivity index (χ1n) is 4.95. The number of carboxylic acids is 1. The fourth-order valence-electron chi connectivity index (χ4n) is 2.14. The summed E-state index contributed by atoms with van der Waals surface area (Å²) in [5.41, 5.74) is 1.27. The number of fused-ring (bicyclic) bond motifs is 1. The van der Waals surface area contributed by atoms with E-state index in [2.05, 4.69) is 6.07 Å². The van der Waals surface area contributed by atoms with Crippen LogP contribution in [0.4, 0.5) is 0 Å². The Morgan fingerprint density at radius 1 is 1.71 bits per heavy atom. The summed E-state index contributed by atoms with van der Waals surface area (Å²) in [6, 6.07) is 2.06. The van der Waals surface area contributed by atoms with Gasteiger partial charge in [-0.15, -0.1) is 0 Å². The Labute approximate surface area is 82.7 Å². The average molecular weight is 194 g/mol. The van der Waals surface area contributed by atoms with Crippen LogP contribution in [0, 0.1) is 12.8 Å². The van der Waals surface area contributed by atoms with E-state index in [9.17, 15) is 4.79 Å². The van der Waals surface area contributed by atoms with E-state index in [1.165, 1.54) is 5.56 Å². The van der Waals surface area contributed by atoms with Gasteiger partial charge in [0.1, 0.15) is 11.5 Å². The monoisotopic (exact) mass is 194 g/mol. The van der Waals surface area contributed by atoms with Gasteiger partial charge in [0.05, 0.1) is 0 Å². The maximum Gasteiger partial charge on any atom is 0.303 e. The van der Waals surface area contributed by atoms with Crippen molar-refractivity contribution < 1.29 is 14.3 Å². The second-order valence-corrected chi connectivity index (χ2v) is 4.01. The molecule has 76 valence electrons. The Balaban J connectivity index is 2.09. The second-order valence-electron chi connectivity index (χ2n) is 4.01. The summed E-state index contributed by atoms with van der Waals surface area (Å²) >= 11 is 0. The van der Waals surface area contributed by atoms with Crippen molar-refractivity contribution in [2.24, 2.45) is 5.92 Å². The zero-order valence-corrected chi connectivity index (χ0v) is 8.25. The summed E-state index contributed by atoms with van der Waals surface area (Å²) in [7, 11) is 0. The van der Waals surface area contributed by atoms with E-state index in [4.69, 9.17) is 9.52 Å². The number of rotatable bonds is 2. The molecular formula is C11H14O3. The lowest BCUT2D eigenvalue weighted by Crippen LogP contribution is -2.16. The molecule has 3 heteroatoms. The molecule has 0 saturated carbocycles. The highest BCUT2D eigenvalue weighted by atomic mass is 16.4. The van der Waals surface area contributed by atoms with Crippen molar-refractivity contribution in [2.75, 3.05) is 0 Å². The van der Waals surface area contributed by atoms with Crippen molar-refractivity contribution in [3.8, 4) is 0 Å². The van der Waals surface area contributed by atoms with Crippen molar-refractivity contribution in [2.45, 2.75) is 32.6 Å². The number of hydrogen-bond donors (Lipinski definition) is 1. The number of furan rings is 1. The van der Waals surface area contributed by atoms with Gasteiger partial charge in [0.2, 0.25) is 0 Å². The Morgan fingerprint density at radius 3 is 3.21 bits per heavy atom. The molecule has 0 saturated heterocycles. The fraction of sp³-hybridized carbons (Fsp3) is 0.545. The SMILES string of the molecule is Cc1cc2c(o1)CC(CC(=O)O)CC2. The Kier molecular flexibility index (Phi) is 2.32. The maximum atomic E-state index is 10.6. The number of aryl methyl sites for hydroxylation is 2. The molecule has 2 rings (SSSR count). The zero-order valence-electron chi connectivity index (χ0n) is 8.25. The predicted octanol–water partition coefficient (Wildman–Crippen LogP) is 2.17. The lowest BCUT2D eigenvalue weighted by atomic mass is 9.86. The number of carbonyl (C=O) groups is 1. The molecule has 3 nitrogen and oxygen atoms in total. The lowest BCUT2D eigenvalue weighted by Gasteiger charge is -2.18. The highest BCUT2D eigenvalue weighted by Gasteiger charge is 2.23. The van der Waals surface area contributed by atoms with E-state index < -0.39 is 5.97 Å². The standard InChI is InChI=1S/C11H14O3/c1-7-4-9-3-2-8(6-11(12)13)5-10(9)14-7/h4,8H,2-3,5-6H2,1H3,(H,12,13). The van der Waals surface area contributed by atoms with Crippen molar-refractivity contribution in [3.05, 3.63) is 23.2 Å². The van der Waals surface area contributed by atoms with Gasteiger partial charge in [0.15, 0.2) is 0 Å². The minimum Gasteiger partial charge on any atom is -0.481 e. The molecule has 1 aromatic heterocycles. The van der Waals surface area contributed by atoms with Crippen LogP contribution in [-0.4, -0.2) is 11.1 Å². The van der Waals surface area contributed by atoms with Gasteiger partial charge in [0.25, 0.3) is 0 Å². The van der Waals surface area contributed by atoms with Gasteiger partial charge in [-0.25, -0.2) is 0 Å². The van der Waals surface area contributed by atoms with Crippen molar-refractivity contribution in [3.63, 3.8) is 0 Å². The molecule has 0 aromatic carbocycles. The first-order chi connectivity index (χ1) is 6.65. The quantitative estimate of drug-likeness (QED) is 0.784. The molecule has 1 N–H and O–H groups in total. The average Bonchev–Trinajstić information content (AvgIpc) is 2.42. The van der Waals surface area contributed by atoms with E-state index in [1.54, 1.807) is 0 Å². The molecule has 1 aliphatic rings. The van der Waals surface area contributed by atoms with Gasteiger partial charge in [0, 0.05) is 12.8 Å². The van der Waals surface area contributed by atoms with Crippen LogP contribution >= 0.6 is 0 Å². The third kappa shape index (κ3) is 1.81. The molecule has 1 unspecified atom stereocenters. The number of hydrogen-bond acceptors (Lipinski definition) is 2. The zero-order chi connectivity index (χ0) is 10.1. The molecule has 1 aliphatic carbocycles. The van der Waals surface area contributed by atoms with Crippen molar-refractivity contribution in [1.82, 2.24) is 0 Å². The van der Waals surface area contributed by atoms with Gasteiger partial charge in [-0.05, 0) is 37.3 Å². The summed E-state index contributed by atoms with van der Waals surface area (Å²) < 4.78 is 5.52.